The van der Waals surface area contributed by atoms with Crippen molar-refractivity contribution in [1.29, 1.82) is 0 Å². The van der Waals surface area contributed by atoms with E-state index in [-0.39, 0.29) is 12.5 Å². The van der Waals surface area contributed by atoms with Crippen LogP contribution in [-0.2, 0) is 4.79 Å². The molecule has 126 valence electrons. The minimum Gasteiger partial charge on any atom is -0.493 e. The standard InChI is InChI=1S/C17H23NO5/c1-5-6-7-13(17(20)21)18-16(19)12-8-9-14(23-11(2)3)15(10-12)22-4/h5-6,8-11,13H,7H2,1-4H3,(H,18,19)(H,20,21)/b6-5+. The first-order valence-corrected chi connectivity index (χ1v) is 7.38. The van der Waals surface area contributed by atoms with Crippen molar-refractivity contribution < 1.29 is 24.2 Å². The molecule has 0 radical (unpaired) electrons. The number of amides is 1. The number of carbonyl (C=O) groups is 2. The lowest BCUT2D eigenvalue weighted by Crippen LogP contribution is -2.40. The van der Waals surface area contributed by atoms with Gasteiger partial charge in [-0.15, -0.1) is 0 Å². The third kappa shape index (κ3) is 5.65. The summed E-state index contributed by atoms with van der Waals surface area (Å²) in [5, 5.41) is 11.6. The van der Waals surface area contributed by atoms with Crippen molar-refractivity contribution in [3.05, 3.63) is 35.9 Å². The van der Waals surface area contributed by atoms with E-state index in [1.54, 1.807) is 31.2 Å². The molecule has 1 aromatic carbocycles. The molecule has 0 aliphatic heterocycles. The van der Waals surface area contributed by atoms with Crippen LogP contribution >= 0.6 is 0 Å². The highest BCUT2D eigenvalue weighted by Crippen LogP contribution is 2.29. The largest absolute Gasteiger partial charge is 0.493 e. The van der Waals surface area contributed by atoms with Crippen LogP contribution in [0.1, 0.15) is 37.6 Å². The van der Waals surface area contributed by atoms with Gasteiger partial charge in [0.1, 0.15) is 6.04 Å². The summed E-state index contributed by atoms with van der Waals surface area (Å²) in [6, 6.07) is 3.76. The van der Waals surface area contributed by atoms with E-state index in [0.29, 0.717) is 17.1 Å². The normalized spacial score (nSPS) is 12.2. The molecule has 0 fully saturated rings. The first kappa shape index (κ1) is 18.5. The Morgan fingerprint density at radius 2 is 2.00 bits per heavy atom. The van der Waals surface area contributed by atoms with Gasteiger partial charge in [-0.25, -0.2) is 4.79 Å². The summed E-state index contributed by atoms with van der Waals surface area (Å²) in [4.78, 5) is 23.4. The Bertz CT molecular complexity index is 580. The van der Waals surface area contributed by atoms with Crippen LogP contribution in [0.3, 0.4) is 0 Å². The molecule has 6 heteroatoms. The second-order valence-corrected chi connectivity index (χ2v) is 5.20. The zero-order valence-electron chi connectivity index (χ0n) is 13.8. The lowest BCUT2D eigenvalue weighted by molar-refractivity contribution is -0.139. The van der Waals surface area contributed by atoms with Crippen molar-refractivity contribution >= 4 is 11.9 Å². The molecule has 0 heterocycles. The molecular formula is C17H23NO5. The van der Waals surface area contributed by atoms with Crippen molar-refractivity contribution in [2.45, 2.75) is 39.3 Å². The summed E-state index contributed by atoms with van der Waals surface area (Å²) in [6.07, 6.45) is 3.63. The number of methoxy groups -OCH3 is 1. The van der Waals surface area contributed by atoms with Crippen LogP contribution in [0, 0.1) is 0 Å². The molecule has 6 nitrogen and oxygen atoms in total. The fourth-order valence-corrected chi connectivity index (χ4v) is 1.90. The number of ether oxygens (including phenoxy) is 2. The number of hydrogen-bond donors (Lipinski definition) is 2. The summed E-state index contributed by atoms with van der Waals surface area (Å²) in [6.45, 7) is 5.57. The van der Waals surface area contributed by atoms with Gasteiger partial charge in [0.05, 0.1) is 13.2 Å². The summed E-state index contributed by atoms with van der Waals surface area (Å²) in [7, 11) is 1.48. The molecule has 1 unspecified atom stereocenters. The molecule has 1 atom stereocenters. The predicted octanol–water partition coefficient (Wildman–Crippen LogP) is 2.63. The van der Waals surface area contributed by atoms with Gasteiger partial charge in [0.2, 0.25) is 0 Å². The second-order valence-electron chi connectivity index (χ2n) is 5.20. The Kier molecular flexibility index (Phi) is 7.12. The van der Waals surface area contributed by atoms with E-state index in [4.69, 9.17) is 14.6 Å². The maximum atomic E-state index is 12.2. The van der Waals surface area contributed by atoms with Gasteiger partial charge in [0.15, 0.2) is 11.5 Å². The van der Waals surface area contributed by atoms with Crippen LogP contribution in [0.2, 0.25) is 0 Å². The zero-order valence-corrected chi connectivity index (χ0v) is 13.8. The van der Waals surface area contributed by atoms with Gasteiger partial charge >= 0.3 is 5.97 Å². The van der Waals surface area contributed by atoms with Crippen LogP contribution in [0.5, 0.6) is 11.5 Å². The molecule has 1 amide bonds. The molecule has 0 aliphatic rings. The monoisotopic (exact) mass is 321 g/mol. The molecule has 0 aromatic heterocycles. The van der Waals surface area contributed by atoms with E-state index in [1.165, 1.54) is 13.2 Å². The fraction of sp³-hybridized carbons (Fsp3) is 0.412. The molecule has 0 saturated carbocycles. The van der Waals surface area contributed by atoms with Crippen molar-refractivity contribution in [3.8, 4) is 11.5 Å². The van der Waals surface area contributed by atoms with Gasteiger partial charge < -0.3 is 19.9 Å². The summed E-state index contributed by atoms with van der Waals surface area (Å²) >= 11 is 0. The third-order valence-corrected chi connectivity index (χ3v) is 3.00. The Hall–Kier alpha value is -2.50. The van der Waals surface area contributed by atoms with E-state index in [1.807, 2.05) is 13.8 Å². The van der Waals surface area contributed by atoms with E-state index >= 15 is 0 Å². The van der Waals surface area contributed by atoms with Crippen LogP contribution in [0.15, 0.2) is 30.4 Å². The average molecular weight is 321 g/mol. The Balaban J connectivity index is 2.92. The topological polar surface area (TPSA) is 84.9 Å². The number of allylic oxidation sites excluding steroid dienone is 1. The Morgan fingerprint density at radius 1 is 1.30 bits per heavy atom. The molecule has 1 aromatic rings. The van der Waals surface area contributed by atoms with Crippen LogP contribution < -0.4 is 14.8 Å². The molecule has 0 saturated heterocycles. The van der Waals surface area contributed by atoms with Gasteiger partial charge in [-0.1, -0.05) is 12.2 Å². The first-order valence-electron chi connectivity index (χ1n) is 7.38. The number of hydrogen-bond acceptors (Lipinski definition) is 4. The fourth-order valence-electron chi connectivity index (χ4n) is 1.90. The maximum absolute atomic E-state index is 12.2. The highest BCUT2D eigenvalue weighted by Gasteiger charge is 2.20. The number of nitrogens with one attached hydrogen (secondary N) is 1. The summed E-state index contributed by atoms with van der Waals surface area (Å²) in [5.41, 5.74) is 0.310. The predicted molar refractivity (Wildman–Crippen MR) is 87.1 cm³/mol. The number of benzene rings is 1. The lowest BCUT2D eigenvalue weighted by atomic mass is 10.1. The van der Waals surface area contributed by atoms with E-state index in [0.717, 1.165) is 0 Å². The lowest BCUT2D eigenvalue weighted by Gasteiger charge is -2.16. The number of aliphatic carboxylic acids is 1. The summed E-state index contributed by atoms with van der Waals surface area (Å²) < 4.78 is 10.8. The molecular weight excluding hydrogens is 298 g/mol. The van der Waals surface area contributed by atoms with Gasteiger partial charge in [-0.2, -0.15) is 0 Å². The van der Waals surface area contributed by atoms with E-state index in [2.05, 4.69) is 5.32 Å². The van der Waals surface area contributed by atoms with Crippen molar-refractivity contribution in [3.63, 3.8) is 0 Å². The van der Waals surface area contributed by atoms with Crippen molar-refractivity contribution in [2.24, 2.45) is 0 Å². The first-order chi connectivity index (χ1) is 10.9. The Morgan fingerprint density at radius 3 is 2.52 bits per heavy atom. The van der Waals surface area contributed by atoms with Gasteiger partial charge in [0, 0.05) is 5.56 Å². The smallest absolute Gasteiger partial charge is 0.326 e. The quantitative estimate of drug-likeness (QED) is 0.719. The SMILES string of the molecule is C/C=C/CC(NC(=O)c1ccc(OC(C)C)c(OC)c1)C(=O)O. The molecule has 0 aliphatic carbocycles. The molecule has 0 bridgehead atoms. The third-order valence-electron chi connectivity index (χ3n) is 3.00. The minimum atomic E-state index is -1.08. The zero-order chi connectivity index (χ0) is 17.4. The highest BCUT2D eigenvalue weighted by atomic mass is 16.5. The van der Waals surface area contributed by atoms with E-state index in [9.17, 15) is 9.59 Å². The van der Waals surface area contributed by atoms with Crippen molar-refractivity contribution in [2.75, 3.05) is 7.11 Å². The van der Waals surface area contributed by atoms with Gasteiger partial charge in [0.25, 0.3) is 5.91 Å². The number of rotatable bonds is 8. The molecule has 1 rings (SSSR count). The van der Waals surface area contributed by atoms with Crippen LogP contribution in [0.25, 0.3) is 0 Å². The number of carbonyl (C=O) groups excluding carboxylic acids is 1. The number of carboxylic acids is 1. The Labute approximate surface area is 136 Å². The molecule has 2 N–H and O–H groups in total. The van der Waals surface area contributed by atoms with Crippen LogP contribution in [-0.4, -0.2) is 36.2 Å². The van der Waals surface area contributed by atoms with Gasteiger partial charge in [-0.05, 0) is 45.4 Å². The average Bonchev–Trinajstić information content (AvgIpc) is 2.50. The highest BCUT2D eigenvalue weighted by molar-refractivity contribution is 5.97. The number of carboxylic acid groups (broad SMARTS) is 1. The molecule has 0 spiro atoms. The second kappa shape index (κ2) is 8.82. The van der Waals surface area contributed by atoms with E-state index < -0.39 is 17.9 Å². The maximum Gasteiger partial charge on any atom is 0.326 e. The van der Waals surface area contributed by atoms with Crippen LogP contribution in [0.4, 0.5) is 0 Å². The van der Waals surface area contributed by atoms with Crippen molar-refractivity contribution in [1.82, 2.24) is 5.32 Å². The minimum absolute atomic E-state index is 0.0270. The summed E-state index contributed by atoms with van der Waals surface area (Å²) in [5.74, 6) is -0.603. The molecule has 23 heavy (non-hydrogen) atoms. The van der Waals surface area contributed by atoms with Gasteiger partial charge in [-0.3, -0.25) is 4.79 Å².